The van der Waals surface area contributed by atoms with Gasteiger partial charge in [0.15, 0.2) is 0 Å². The minimum absolute atomic E-state index is 0.364. The number of amides is 1. The summed E-state index contributed by atoms with van der Waals surface area (Å²) in [7, 11) is 1.58. The monoisotopic (exact) mass is 335 g/mol. The van der Waals surface area contributed by atoms with Gasteiger partial charge in [-0.15, -0.1) is 0 Å². The van der Waals surface area contributed by atoms with Crippen LogP contribution in [-0.4, -0.2) is 24.4 Å². The number of rotatable bonds is 5. The Hall–Kier alpha value is -3.41. The largest absolute Gasteiger partial charge is 0.496 e. The second-order valence-electron chi connectivity index (χ2n) is 5.27. The third kappa shape index (κ3) is 3.58. The summed E-state index contributed by atoms with van der Waals surface area (Å²) in [6, 6.07) is 16.8. The fourth-order valence-electron chi connectivity index (χ4n) is 2.42. The lowest BCUT2D eigenvalue weighted by molar-refractivity contribution is 0.0954. The molecule has 126 valence electrons. The molecule has 0 bridgehead atoms. The molecule has 0 spiro atoms. The third-order valence-electron chi connectivity index (χ3n) is 3.65. The summed E-state index contributed by atoms with van der Waals surface area (Å²) in [6.45, 7) is 1.69. The molecule has 6 heteroatoms. The van der Waals surface area contributed by atoms with Crippen molar-refractivity contribution >= 4 is 12.1 Å². The smallest absolute Gasteiger partial charge is 0.277 e. The van der Waals surface area contributed by atoms with Crippen molar-refractivity contribution in [1.29, 1.82) is 0 Å². The van der Waals surface area contributed by atoms with Crippen molar-refractivity contribution in [2.75, 3.05) is 7.11 Å². The number of hydrogen-bond acceptors (Lipinski definition) is 5. The van der Waals surface area contributed by atoms with E-state index in [9.17, 15) is 4.79 Å². The summed E-state index contributed by atoms with van der Waals surface area (Å²) in [5, 5.41) is 8.00. The van der Waals surface area contributed by atoms with Crippen LogP contribution in [-0.2, 0) is 0 Å². The number of benzene rings is 2. The maximum Gasteiger partial charge on any atom is 0.277 e. The Kier molecular flexibility index (Phi) is 4.89. The average Bonchev–Trinajstić information content (AvgIpc) is 3.04. The first-order chi connectivity index (χ1) is 12.2. The Bertz CT molecular complexity index is 901. The highest BCUT2D eigenvalue weighted by molar-refractivity contribution is 6.01. The molecule has 1 N–H and O–H groups in total. The summed E-state index contributed by atoms with van der Waals surface area (Å²) < 4.78 is 10.4. The number of carbonyl (C=O) groups excluding carboxylic acids is 1. The quantitative estimate of drug-likeness (QED) is 0.572. The van der Waals surface area contributed by atoms with Crippen LogP contribution >= 0.6 is 0 Å². The Morgan fingerprint density at radius 3 is 2.64 bits per heavy atom. The van der Waals surface area contributed by atoms with Gasteiger partial charge in [-0.3, -0.25) is 4.79 Å². The molecule has 0 aliphatic rings. The van der Waals surface area contributed by atoms with Crippen LogP contribution in [0.15, 0.2) is 64.2 Å². The zero-order valence-electron chi connectivity index (χ0n) is 13.9. The second-order valence-corrected chi connectivity index (χ2v) is 5.27. The van der Waals surface area contributed by atoms with Crippen molar-refractivity contribution in [1.82, 2.24) is 10.6 Å². The van der Waals surface area contributed by atoms with E-state index in [0.29, 0.717) is 22.8 Å². The number of nitrogens with one attached hydrogen (secondary N) is 1. The van der Waals surface area contributed by atoms with E-state index >= 15 is 0 Å². The normalized spacial score (nSPS) is 10.8. The van der Waals surface area contributed by atoms with Crippen molar-refractivity contribution in [3.63, 3.8) is 0 Å². The zero-order valence-corrected chi connectivity index (χ0v) is 13.9. The van der Waals surface area contributed by atoms with Crippen LogP contribution in [0.25, 0.3) is 11.3 Å². The number of aryl methyl sites for hydroxylation is 1. The van der Waals surface area contributed by atoms with Gasteiger partial charge in [0, 0.05) is 11.1 Å². The predicted molar refractivity (Wildman–Crippen MR) is 94.7 cm³/mol. The molecule has 0 radical (unpaired) electrons. The highest BCUT2D eigenvalue weighted by Crippen LogP contribution is 2.24. The van der Waals surface area contributed by atoms with Gasteiger partial charge in [-0.2, -0.15) is 5.10 Å². The Labute approximate surface area is 145 Å². The number of carbonyl (C=O) groups is 1. The number of para-hydroxylation sites is 1. The van der Waals surface area contributed by atoms with Crippen LogP contribution in [0.4, 0.5) is 0 Å². The molecule has 0 aliphatic carbocycles. The summed E-state index contributed by atoms with van der Waals surface area (Å²) in [5.74, 6) is 0.722. The summed E-state index contributed by atoms with van der Waals surface area (Å²) >= 11 is 0. The molecule has 1 amide bonds. The van der Waals surface area contributed by atoms with Gasteiger partial charge < -0.3 is 9.26 Å². The topological polar surface area (TPSA) is 76.7 Å². The molecule has 0 saturated carbocycles. The van der Waals surface area contributed by atoms with E-state index in [1.54, 1.807) is 14.0 Å². The van der Waals surface area contributed by atoms with E-state index in [1.165, 1.54) is 6.21 Å². The number of methoxy groups -OCH3 is 1. The lowest BCUT2D eigenvalue weighted by Crippen LogP contribution is -2.18. The maximum atomic E-state index is 12.5. The van der Waals surface area contributed by atoms with Gasteiger partial charge in [0.2, 0.25) is 0 Å². The van der Waals surface area contributed by atoms with E-state index < -0.39 is 0 Å². The lowest BCUT2D eigenvalue weighted by Gasteiger charge is -2.04. The highest BCUT2D eigenvalue weighted by Gasteiger charge is 2.21. The van der Waals surface area contributed by atoms with Gasteiger partial charge in [-0.05, 0) is 19.1 Å². The molecule has 3 aromatic rings. The Morgan fingerprint density at radius 1 is 1.16 bits per heavy atom. The molecule has 0 atom stereocenters. The SMILES string of the molecule is COc1ccccc1/C=N\NC(=O)c1c(-c2ccccc2)noc1C. The van der Waals surface area contributed by atoms with Crippen LogP contribution in [0, 0.1) is 6.92 Å². The number of aromatic nitrogens is 1. The van der Waals surface area contributed by atoms with Gasteiger partial charge in [-0.25, -0.2) is 5.43 Å². The lowest BCUT2D eigenvalue weighted by atomic mass is 10.1. The first-order valence-corrected chi connectivity index (χ1v) is 7.69. The molecule has 1 aromatic heterocycles. The van der Waals surface area contributed by atoms with E-state index in [1.807, 2.05) is 54.6 Å². The molecule has 6 nitrogen and oxygen atoms in total. The van der Waals surface area contributed by atoms with E-state index in [-0.39, 0.29) is 5.91 Å². The van der Waals surface area contributed by atoms with Crippen molar-refractivity contribution in [3.05, 3.63) is 71.5 Å². The van der Waals surface area contributed by atoms with E-state index in [2.05, 4.69) is 15.7 Å². The maximum absolute atomic E-state index is 12.5. The van der Waals surface area contributed by atoms with Crippen LogP contribution in [0.5, 0.6) is 5.75 Å². The summed E-state index contributed by atoms with van der Waals surface area (Å²) in [6.07, 6.45) is 1.53. The zero-order chi connectivity index (χ0) is 17.6. The Balaban J connectivity index is 1.81. The third-order valence-corrected chi connectivity index (χ3v) is 3.65. The molecular formula is C19H17N3O3. The molecule has 2 aromatic carbocycles. The molecule has 3 rings (SSSR count). The van der Waals surface area contributed by atoms with Gasteiger partial charge in [0.25, 0.3) is 5.91 Å². The van der Waals surface area contributed by atoms with Gasteiger partial charge in [-0.1, -0.05) is 47.6 Å². The molecular weight excluding hydrogens is 318 g/mol. The summed E-state index contributed by atoms with van der Waals surface area (Å²) in [4.78, 5) is 12.5. The van der Waals surface area contributed by atoms with Crippen molar-refractivity contribution in [2.45, 2.75) is 6.92 Å². The first-order valence-electron chi connectivity index (χ1n) is 7.69. The van der Waals surface area contributed by atoms with Crippen LogP contribution in [0.1, 0.15) is 21.7 Å². The number of nitrogens with zero attached hydrogens (tertiary/aromatic N) is 2. The van der Waals surface area contributed by atoms with Crippen molar-refractivity contribution < 1.29 is 14.1 Å². The standard InChI is InChI=1S/C19H17N3O3/c1-13-17(18(22-25-13)14-8-4-3-5-9-14)19(23)21-20-12-15-10-6-7-11-16(15)24-2/h3-12H,1-2H3,(H,21,23)/b20-12-. The molecule has 0 aliphatic heterocycles. The number of hydrazone groups is 1. The first kappa shape index (κ1) is 16.4. The van der Waals surface area contributed by atoms with Crippen LogP contribution in [0.2, 0.25) is 0 Å². The van der Waals surface area contributed by atoms with E-state index in [4.69, 9.17) is 9.26 Å². The number of ether oxygens (including phenoxy) is 1. The van der Waals surface area contributed by atoms with Crippen LogP contribution in [0.3, 0.4) is 0 Å². The van der Waals surface area contributed by atoms with Gasteiger partial charge in [0.05, 0.1) is 13.3 Å². The van der Waals surface area contributed by atoms with E-state index in [0.717, 1.165) is 11.1 Å². The minimum Gasteiger partial charge on any atom is -0.496 e. The molecule has 0 saturated heterocycles. The molecule has 0 fully saturated rings. The average molecular weight is 335 g/mol. The van der Waals surface area contributed by atoms with Crippen molar-refractivity contribution in [2.24, 2.45) is 5.10 Å². The number of hydrogen-bond donors (Lipinski definition) is 1. The molecule has 1 heterocycles. The van der Waals surface area contributed by atoms with Crippen LogP contribution < -0.4 is 10.2 Å². The van der Waals surface area contributed by atoms with Gasteiger partial charge >= 0.3 is 0 Å². The molecule has 0 unspecified atom stereocenters. The summed E-state index contributed by atoms with van der Waals surface area (Å²) in [5.41, 5.74) is 4.93. The van der Waals surface area contributed by atoms with Gasteiger partial charge in [0.1, 0.15) is 22.8 Å². The second kappa shape index (κ2) is 7.44. The fourth-order valence-corrected chi connectivity index (χ4v) is 2.42. The van der Waals surface area contributed by atoms with Crippen molar-refractivity contribution in [3.8, 4) is 17.0 Å². The highest BCUT2D eigenvalue weighted by atomic mass is 16.5. The Morgan fingerprint density at radius 2 is 1.88 bits per heavy atom. The predicted octanol–water partition coefficient (Wildman–Crippen LogP) is 3.42. The minimum atomic E-state index is -0.385. The fraction of sp³-hybridized carbons (Fsp3) is 0.105. The molecule has 25 heavy (non-hydrogen) atoms.